The van der Waals surface area contributed by atoms with Crippen molar-refractivity contribution in [1.82, 2.24) is 10.2 Å². The summed E-state index contributed by atoms with van der Waals surface area (Å²) in [4.78, 5) is 14.5. The van der Waals surface area contributed by atoms with Crippen LogP contribution in [-0.2, 0) is 20.2 Å². The highest BCUT2D eigenvalue weighted by Gasteiger charge is 2.41. The highest BCUT2D eigenvalue weighted by molar-refractivity contribution is 8.13. The first-order valence-corrected chi connectivity index (χ1v) is 15.3. The maximum Gasteiger partial charge on any atom is 0.407 e. The lowest BCUT2D eigenvalue weighted by Gasteiger charge is -2.39. The third-order valence-corrected chi connectivity index (χ3v) is 8.70. The minimum Gasteiger partial charge on any atom is -0.484 e. The fourth-order valence-corrected chi connectivity index (χ4v) is 6.98. The van der Waals surface area contributed by atoms with Gasteiger partial charge in [-0.2, -0.15) is 0 Å². The van der Waals surface area contributed by atoms with Gasteiger partial charge in [0.25, 0.3) is 9.05 Å². The Morgan fingerprint density at radius 1 is 1.11 bits per heavy atom. The van der Waals surface area contributed by atoms with Crippen LogP contribution in [0.5, 0.6) is 5.75 Å². The summed E-state index contributed by atoms with van der Waals surface area (Å²) < 4.78 is 35.4. The molecule has 1 fully saturated rings. The van der Waals surface area contributed by atoms with E-state index in [9.17, 15) is 13.2 Å². The van der Waals surface area contributed by atoms with Crippen LogP contribution in [0.2, 0.25) is 15.1 Å². The molecule has 12 heteroatoms. The van der Waals surface area contributed by atoms with Crippen molar-refractivity contribution in [3.05, 3.63) is 56.5 Å². The van der Waals surface area contributed by atoms with Gasteiger partial charge in [-0.1, -0.05) is 34.8 Å². The molecule has 202 valence electrons. The Balaban J connectivity index is 1.59. The van der Waals surface area contributed by atoms with Gasteiger partial charge in [-0.05, 0) is 76.4 Å². The molecule has 37 heavy (non-hydrogen) atoms. The van der Waals surface area contributed by atoms with Crippen molar-refractivity contribution in [2.45, 2.75) is 68.7 Å². The third kappa shape index (κ3) is 6.97. The molecule has 1 N–H and O–H groups in total. The fourth-order valence-electron chi connectivity index (χ4n) is 4.88. The number of ether oxygens (including phenoxy) is 2. The number of rotatable bonds is 5. The number of nitrogens with one attached hydrogen (secondary N) is 1. The lowest BCUT2D eigenvalue weighted by molar-refractivity contribution is 0.0362. The van der Waals surface area contributed by atoms with E-state index in [2.05, 4.69) is 10.2 Å². The second-order valence-electron chi connectivity index (χ2n) is 10.3. The number of halogens is 4. The number of carbonyl (C=O) groups excluding carboxylic acids is 1. The summed E-state index contributed by atoms with van der Waals surface area (Å²) in [6.07, 6.45) is 1.43. The molecule has 0 radical (unpaired) electrons. The molecule has 2 aromatic carbocycles. The van der Waals surface area contributed by atoms with Crippen LogP contribution in [0.1, 0.15) is 50.8 Å². The van der Waals surface area contributed by atoms with Crippen molar-refractivity contribution in [3.8, 4) is 5.75 Å². The van der Waals surface area contributed by atoms with Crippen LogP contribution in [-0.4, -0.2) is 50.2 Å². The van der Waals surface area contributed by atoms with Crippen molar-refractivity contribution >= 4 is 60.6 Å². The zero-order chi connectivity index (χ0) is 27.1. The van der Waals surface area contributed by atoms with Gasteiger partial charge in [0.15, 0.2) is 0 Å². The molecule has 7 nitrogen and oxygen atoms in total. The van der Waals surface area contributed by atoms with E-state index in [1.807, 2.05) is 26.8 Å². The number of hydrogen-bond acceptors (Lipinski definition) is 6. The summed E-state index contributed by atoms with van der Waals surface area (Å²) in [6.45, 7) is 6.89. The Labute approximate surface area is 236 Å². The van der Waals surface area contributed by atoms with Gasteiger partial charge in [-0.3, -0.25) is 4.90 Å². The van der Waals surface area contributed by atoms with Crippen molar-refractivity contribution in [2.24, 2.45) is 0 Å². The highest BCUT2D eigenvalue weighted by atomic mass is 35.7. The number of likely N-dealkylation sites (tertiary alicyclic amines) is 1. The topological polar surface area (TPSA) is 84.9 Å². The molecule has 2 aromatic rings. The normalized spacial score (nSPS) is 22.4. The molecule has 1 aliphatic carbocycles. The number of benzene rings is 2. The lowest BCUT2D eigenvalue weighted by Crippen LogP contribution is -2.53. The molecule has 0 unspecified atom stereocenters. The first-order chi connectivity index (χ1) is 17.2. The van der Waals surface area contributed by atoms with E-state index in [1.54, 1.807) is 6.07 Å². The van der Waals surface area contributed by atoms with Gasteiger partial charge in [0.1, 0.15) is 22.4 Å². The monoisotopic (exact) mass is 608 g/mol. The smallest absolute Gasteiger partial charge is 0.407 e. The largest absolute Gasteiger partial charge is 0.484 e. The van der Waals surface area contributed by atoms with Gasteiger partial charge >= 0.3 is 6.09 Å². The van der Waals surface area contributed by atoms with Crippen LogP contribution in [0.25, 0.3) is 0 Å². The third-order valence-electron chi connectivity index (χ3n) is 6.34. The Kier molecular flexibility index (Phi) is 8.49. The molecule has 1 saturated heterocycles. The van der Waals surface area contributed by atoms with Gasteiger partial charge < -0.3 is 14.8 Å². The van der Waals surface area contributed by atoms with E-state index in [4.69, 9.17) is 55.0 Å². The van der Waals surface area contributed by atoms with Crippen LogP contribution in [0.4, 0.5) is 4.79 Å². The number of carbonyl (C=O) groups is 1. The first-order valence-electron chi connectivity index (χ1n) is 11.8. The van der Waals surface area contributed by atoms with Gasteiger partial charge in [0.2, 0.25) is 0 Å². The zero-order valence-corrected chi connectivity index (χ0v) is 24.4. The molecule has 0 bridgehead atoms. The SMILES string of the molecule is CC(C)(C)OC(=O)N[C@@H]1CCCN([C@H]2Cc3c(Cl)cc(Cl)cc3[C@@H]2Oc2ccc(S(=O)(=O)Cl)c(Cl)c2)C1. The summed E-state index contributed by atoms with van der Waals surface area (Å²) >= 11 is 19.1. The Bertz CT molecular complexity index is 1300. The van der Waals surface area contributed by atoms with Gasteiger partial charge in [-0.15, -0.1) is 0 Å². The Hall–Kier alpha value is -1.42. The van der Waals surface area contributed by atoms with Gasteiger partial charge in [-0.25, -0.2) is 13.2 Å². The minimum absolute atomic E-state index is 0.0361. The summed E-state index contributed by atoms with van der Waals surface area (Å²) in [7, 11) is 1.47. The lowest BCUT2D eigenvalue weighted by atomic mass is 10.0. The van der Waals surface area contributed by atoms with E-state index < -0.39 is 26.8 Å². The molecule has 2 aliphatic rings. The Morgan fingerprint density at radius 2 is 1.84 bits per heavy atom. The number of fused-ring (bicyclic) bond motifs is 1. The summed E-state index contributed by atoms with van der Waals surface area (Å²) in [5, 5.41) is 3.99. The highest BCUT2D eigenvalue weighted by Crippen LogP contribution is 2.43. The van der Waals surface area contributed by atoms with Crippen LogP contribution < -0.4 is 10.1 Å². The zero-order valence-electron chi connectivity index (χ0n) is 20.6. The average molecular weight is 610 g/mol. The molecular weight excluding hydrogens is 582 g/mol. The molecule has 1 heterocycles. The van der Waals surface area contributed by atoms with E-state index in [1.165, 1.54) is 18.2 Å². The maximum absolute atomic E-state index is 12.4. The van der Waals surface area contributed by atoms with E-state index >= 15 is 0 Å². The van der Waals surface area contributed by atoms with Crippen LogP contribution in [0.3, 0.4) is 0 Å². The van der Waals surface area contributed by atoms with E-state index in [0.717, 1.165) is 30.5 Å². The molecule has 1 aliphatic heterocycles. The van der Waals surface area contributed by atoms with Gasteiger partial charge in [0.05, 0.1) is 11.1 Å². The first kappa shape index (κ1) is 28.6. The molecule has 0 saturated carbocycles. The van der Waals surface area contributed by atoms with Crippen molar-refractivity contribution in [2.75, 3.05) is 13.1 Å². The van der Waals surface area contributed by atoms with Gasteiger partial charge in [0, 0.05) is 44.9 Å². The minimum atomic E-state index is -4.00. The second-order valence-corrected chi connectivity index (χ2v) is 14.1. The molecule has 0 aromatic heterocycles. The number of nitrogens with zero attached hydrogens (tertiary/aromatic N) is 1. The van der Waals surface area contributed by atoms with Crippen molar-refractivity contribution in [3.63, 3.8) is 0 Å². The number of hydrogen-bond donors (Lipinski definition) is 1. The fraction of sp³-hybridized carbons (Fsp3) is 0.480. The van der Waals surface area contributed by atoms with Crippen molar-refractivity contribution < 1.29 is 22.7 Å². The van der Waals surface area contributed by atoms with Crippen LogP contribution >= 0.6 is 45.5 Å². The predicted octanol–water partition coefficient (Wildman–Crippen LogP) is 6.61. The molecule has 0 spiro atoms. The molecule has 1 amide bonds. The quantitative estimate of drug-likeness (QED) is 0.384. The van der Waals surface area contributed by atoms with Crippen molar-refractivity contribution in [1.29, 1.82) is 0 Å². The summed E-state index contributed by atoms with van der Waals surface area (Å²) in [5.41, 5.74) is 1.21. The summed E-state index contributed by atoms with van der Waals surface area (Å²) in [6, 6.07) is 7.62. The standard InChI is InChI=1S/C25H28Cl4N2O5S/c1-25(2,3)36-24(32)30-15-5-4-8-31(13-15)21-12-17-18(9-14(26)10-19(17)27)23(21)35-16-6-7-22(20(28)11-16)37(29,33)34/h6-7,9-11,15,21,23H,4-5,8,12-13H2,1-3H3,(H,30,32)/t15-,21+,23+/m1/s1. The Morgan fingerprint density at radius 3 is 2.49 bits per heavy atom. The molecular formula is C25H28Cl4N2O5S. The molecule has 4 rings (SSSR count). The average Bonchev–Trinajstić information content (AvgIpc) is 3.10. The number of piperidine rings is 1. The second kappa shape index (κ2) is 11.0. The van der Waals surface area contributed by atoms with Crippen LogP contribution in [0.15, 0.2) is 35.2 Å². The van der Waals surface area contributed by atoms with Crippen LogP contribution in [0, 0.1) is 0 Å². The summed E-state index contributed by atoms with van der Waals surface area (Å²) in [5.74, 6) is 0.383. The number of alkyl carbamates (subject to hydrolysis) is 1. The maximum atomic E-state index is 12.4. The van der Waals surface area contributed by atoms with E-state index in [0.29, 0.717) is 28.8 Å². The van der Waals surface area contributed by atoms with E-state index in [-0.39, 0.29) is 22.0 Å². The predicted molar refractivity (Wildman–Crippen MR) is 146 cm³/mol. The number of amides is 1. The molecule has 3 atom stereocenters.